The summed E-state index contributed by atoms with van der Waals surface area (Å²) in [5, 5.41) is 7.47. The summed E-state index contributed by atoms with van der Waals surface area (Å²) in [6, 6.07) is 18.0. The molecule has 1 aliphatic rings. The molecule has 0 N–H and O–H groups in total. The summed E-state index contributed by atoms with van der Waals surface area (Å²) >= 11 is 0. The molecule has 0 spiro atoms. The van der Waals surface area contributed by atoms with Crippen LogP contribution in [-0.4, -0.2) is 59.3 Å². The van der Waals surface area contributed by atoms with E-state index in [0.717, 1.165) is 47.5 Å². The van der Waals surface area contributed by atoms with Crippen LogP contribution >= 0.6 is 0 Å². The van der Waals surface area contributed by atoms with Crippen LogP contribution in [0.1, 0.15) is 36.8 Å². The van der Waals surface area contributed by atoms with Crippen LogP contribution in [0.15, 0.2) is 115 Å². The number of methoxy groups -OCH3 is 2. The minimum absolute atomic E-state index is 0.00113. The minimum atomic E-state index is -4.62. The van der Waals surface area contributed by atoms with Gasteiger partial charge in [-0.3, -0.25) is 8.57 Å². The molecule has 0 amide bonds. The number of oxime groups is 2. The summed E-state index contributed by atoms with van der Waals surface area (Å²) in [5.41, 5.74) is 1.66. The highest BCUT2D eigenvalue weighted by atomic mass is 32.2. The fourth-order valence-corrected chi connectivity index (χ4v) is 8.23. The summed E-state index contributed by atoms with van der Waals surface area (Å²) < 4.78 is 134. The van der Waals surface area contributed by atoms with Crippen LogP contribution in [0.2, 0.25) is 0 Å². The summed E-state index contributed by atoms with van der Waals surface area (Å²) in [4.78, 5) is -1.15. The van der Waals surface area contributed by atoms with Gasteiger partial charge in [-0.25, -0.2) is 0 Å². The molecule has 4 aromatic carbocycles. The van der Waals surface area contributed by atoms with Gasteiger partial charge in [-0.1, -0.05) is 45.7 Å². The van der Waals surface area contributed by atoms with Crippen molar-refractivity contribution in [3.05, 3.63) is 96.1 Å². The Morgan fingerprint density at radius 3 is 1.11 bits per heavy atom. The molecule has 0 unspecified atom stereocenters. The van der Waals surface area contributed by atoms with Crippen LogP contribution in [0.3, 0.4) is 0 Å². The second kappa shape index (κ2) is 16.0. The molecule has 288 valence electrons. The first kappa shape index (κ1) is 40.0. The first-order valence-electron chi connectivity index (χ1n) is 15.8. The van der Waals surface area contributed by atoms with E-state index >= 15 is 0 Å². The molecule has 1 fully saturated rings. The topological polar surface area (TPSA) is 217 Å². The molecule has 4 aromatic rings. The third kappa shape index (κ3) is 9.48. The van der Waals surface area contributed by atoms with Crippen molar-refractivity contribution in [2.45, 2.75) is 59.1 Å². The van der Waals surface area contributed by atoms with E-state index in [1.54, 1.807) is 38.1 Å². The van der Waals surface area contributed by atoms with Crippen molar-refractivity contribution >= 4 is 51.9 Å². The van der Waals surface area contributed by atoms with E-state index in [4.69, 9.17) is 26.4 Å². The lowest BCUT2D eigenvalue weighted by molar-refractivity contribution is 0.330. The number of nitrogens with zero attached hydrogens (tertiary/aromatic N) is 2. The van der Waals surface area contributed by atoms with E-state index in [2.05, 4.69) is 10.3 Å². The van der Waals surface area contributed by atoms with Gasteiger partial charge in [-0.05, 0) is 88.1 Å². The van der Waals surface area contributed by atoms with E-state index in [1.165, 1.54) is 38.5 Å². The lowest BCUT2D eigenvalue weighted by Crippen LogP contribution is -2.21. The molecule has 54 heavy (non-hydrogen) atoms. The second-order valence-electron chi connectivity index (χ2n) is 11.7. The van der Waals surface area contributed by atoms with Gasteiger partial charge in [0, 0.05) is 12.1 Å². The lowest BCUT2D eigenvalue weighted by atomic mass is 9.97. The first-order valence-corrected chi connectivity index (χ1v) is 21.5. The van der Waals surface area contributed by atoms with Crippen molar-refractivity contribution in [1.29, 1.82) is 0 Å². The maximum Gasteiger partial charge on any atom is 0.358 e. The van der Waals surface area contributed by atoms with Crippen LogP contribution in [0.25, 0.3) is 0 Å². The third-order valence-electron chi connectivity index (χ3n) is 7.77. The van der Waals surface area contributed by atoms with Crippen LogP contribution in [0.4, 0.5) is 0 Å². The molecule has 0 aromatic heterocycles. The Kier molecular flexibility index (Phi) is 11.9. The zero-order valence-corrected chi connectivity index (χ0v) is 32.4. The van der Waals surface area contributed by atoms with E-state index in [9.17, 15) is 33.7 Å². The highest BCUT2D eigenvalue weighted by Gasteiger charge is 2.27. The summed E-state index contributed by atoms with van der Waals surface area (Å²) in [7, 11) is -15.4. The van der Waals surface area contributed by atoms with Gasteiger partial charge in [0.25, 0.3) is 0 Å². The van der Waals surface area contributed by atoms with Crippen molar-refractivity contribution in [3.63, 3.8) is 0 Å². The van der Waals surface area contributed by atoms with E-state index in [0.29, 0.717) is 12.8 Å². The molecule has 0 radical (unpaired) electrons. The monoisotopic (exact) mass is 822 g/mol. The number of aryl methyl sites for hydroxylation is 2. The van der Waals surface area contributed by atoms with Crippen molar-refractivity contribution in [1.82, 2.24) is 0 Å². The summed E-state index contributed by atoms with van der Waals surface area (Å²) in [6.45, 7) is 3.58. The largest absolute Gasteiger partial charge is 0.493 e. The Morgan fingerprint density at radius 1 is 0.444 bits per heavy atom. The molecule has 0 bridgehead atoms. The predicted octanol–water partition coefficient (Wildman–Crippen LogP) is 5.25. The molecule has 0 aliphatic heterocycles. The van der Waals surface area contributed by atoms with Gasteiger partial charge in [0.15, 0.2) is 23.0 Å². The third-order valence-corrected chi connectivity index (χ3v) is 12.5. The zero-order chi connectivity index (χ0) is 39.3. The molecular formula is C34H34N2O14S4. The predicted molar refractivity (Wildman–Crippen MR) is 194 cm³/mol. The van der Waals surface area contributed by atoms with Crippen molar-refractivity contribution < 1.29 is 60.1 Å². The van der Waals surface area contributed by atoms with Crippen LogP contribution < -0.4 is 17.8 Å². The average molecular weight is 823 g/mol. The minimum Gasteiger partial charge on any atom is -0.493 e. The fourth-order valence-electron chi connectivity index (χ4n) is 4.83. The standard InChI is InChI=1S/C34H34N2O14S4/c1-23-9-13-25(14-10-23)51(37,38)47-31-19-17-27(21-33(31)45-3)53(41,42)49-35-29-7-5-6-8-30(29)36-50-54(43,44)28-18-20-32(34(22-28)46-4)48-52(39,40)26-15-11-24(2)12-16-26/h9-22H,5-8H2,1-4H3/b35-29-,36-30+. The molecule has 0 saturated heterocycles. The normalized spacial score (nSPS) is 15.4. The van der Waals surface area contributed by atoms with E-state index in [1.807, 2.05) is 0 Å². The van der Waals surface area contributed by atoms with Gasteiger partial charge in [-0.2, -0.15) is 33.7 Å². The quantitative estimate of drug-likeness (QED) is 0.117. The Balaban J connectivity index is 1.31. The summed E-state index contributed by atoms with van der Waals surface area (Å²) in [6.07, 6.45) is 1.43. The van der Waals surface area contributed by atoms with Gasteiger partial charge < -0.3 is 17.8 Å². The van der Waals surface area contributed by atoms with Gasteiger partial charge >= 0.3 is 40.5 Å². The molecule has 20 heteroatoms. The Morgan fingerprint density at radius 2 is 0.778 bits per heavy atom. The van der Waals surface area contributed by atoms with Gasteiger partial charge in [-0.15, -0.1) is 0 Å². The first-order chi connectivity index (χ1) is 25.4. The van der Waals surface area contributed by atoms with E-state index in [-0.39, 0.29) is 57.1 Å². The fraction of sp³-hybridized carbons (Fsp3) is 0.235. The maximum absolute atomic E-state index is 13.1. The zero-order valence-electron chi connectivity index (χ0n) is 29.2. The average Bonchev–Trinajstić information content (AvgIpc) is 3.13. The summed E-state index contributed by atoms with van der Waals surface area (Å²) in [5.74, 6) is -1.03. The number of hydrogen-bond donors (Lipinski definition) is 0. The molecule has 5 rings (SSSR count). The molecule has 1 aliphatic carbocycles. The van der Waals surface area contributed by atoms with Crippen molar-refractivity contribution in [2.24, 2.45) is 10.3 Å². The number of rotatable bonds is 14. The van der Waals surface area contributed by atoms with Crippen molar-refractivity contribution in [2.75, 3.05) is 14.2 Å². The van der Waals surface area contributed by atoms with Crippen LogP contribution in [0, 0.1) is 13.8 Å². The highest BCUT2D eigenvalue weighted by Crippen LogP contribution is 2.34. The number of ether oxygens (including phenoxy) is 2. The van der Waals surface area contributed by atoms with Gasteiger partial charge in [0.1, 0.15) is 31.0 Å². The maximum atomic E-state index is 13.1. The molecule has 0 atom stereocenters. The van der Waals surface area contributed by atoms with E-state index < -0.39 is 50.3 Å². The SMILES string of the molecule is COc1cc(S(=O)(=O)O/N=C2/CCCC/C2=N\OS(=O)(=O)c2ccc(OS(=O)(=O)c3ccc(C)cc3)c(OC)c2)ccc1OS(=O)(=O)c1ccc(C)cc1. The Hall–Kier alpha value is -5.18. The molecule has 16 nitrogen and oxygen atoms in total. The molecule has 0 heterocycles. The van der Waals surface area contributed by atoms with Crippen LogP contribution in [0.5, 0.6) is 23.0 Å². The number of hydrogen-bond acceptors (Lipinski definition) is 16. The molecule has 1 saturated carbocycles. The van der Waals surface area contributed by atoms with Gasteiger partial charge in [0.2, 0.25) is 0 Å². The Labute approximate surface area is 313 Å². The smallest absolute Gasteiger partial charge is 0.358 e. The number of benzene rings is 4. The van der Waals surface area contributed by atoms with Crippen molar-refractivity contribution in [3.8, 4) is 23.0 Å². The molecular weight excluding hydrogens is 789 g/mol. The second-order valence-corrected chi connectivity index (χ2v) is 17.8. The lowest BCUT2D eigenvalue weighted by Gasteiger charge is -2.15. The Bertz CT molecular complexity index is 2360. The van der Waals surface area contributed by atoms with Gasteiger partial charge in [0.05, 0.1) is 14.2 Å². The van der Waals surface area contributed by atoms with Crippen LogP contribution in [-0.2, 0) is 49.0 Å². The highest BCUT2D eigenvalue weighted by molar-refractivity contribution is 7.87.